The van der Waals surface area contributed by atoms with Crippen molar-refractivity contribution in [3.8, 4) is 0 Å². The van der Waals surface area contributed by atoms with Gasteiger partial charge in [0.25, 0.3) is 5.56 Å². The third-order valence-electron chi connectivity index (χ3n) is 4.50. The predicted octanol–water partition coefficient (Wildman–Crippen LogP) is 2.95. The number of carbonyl (C=O) groups excluding carboxylic acids is 3. The van der Waals surface area contributed by atoms with Gasteiger partial charge in [-0.3, -0.25) is 14.4 Å². The SMILES string of the molecule is CC(C)C(=O)Nc1ccc(C(=O)[C@@H](C)OC(=O)c2n[nH]c(=O)c3ccccc23)cc1. The van der Waals surface area contributed by atoms with Crippen molar-refractivity contribution in [1.29, 1.82) is 0 Å². The van der Waals surface area contributed by atoms with Gasteiger partial charge in [-0.05, 0) is 37.3 Å². The molecule has 0 bridgehead atoms. The topological polar surface area (TPSA) is 118 Å². The predicted molar refractivity (Wildman–Crippen MR) is 111 cm³/mol. The van der Waals surface area contributed by atoms with E-state index in [1.54, 1.807) is 62.4 Å². The van der Waals surface area contributed by atoms with Crippen molar-refractivity contribution in [1.82, 2.24) is 10.2 Å². The first-order chi connectivity index (χ1) is 14.3. The van der Waals surface area contributed by atoms with Crippen LogP contribution in [0.25, 0.3) is 10.8 Å². The maximum absolute atomic E-state index is 12.6. The molecule has 2 aromatic carbocycles. The fraction of sp³-hybridized carbons (Fsp3) is 0.227. The van der Waals surface area contributed by atoms with Crippen molar-refractivity contribution in [2.45, 2.75) is 26.9 Å². The van der Waals surface area contributed by atoms with Gasteiger partial charge in [0.1, 0.15) is 0 Å². The van der Waals surface area contributed by atoms with Crippen LogP contribution in [0.3, 0.4) is 0 Å². The van der Waals surface area contributed by atoms with Crippen LogP contribution in [0.4, 0.5) is 5.69 Å². The minimum Gasteiger partial charge on any atom is -0.449 e. The third-order valence-corrected chi connectivity index (χ3v) is 4.50. The largest absolute Gasteiger partial charge is 0.449 e. The van der Waals surface area contributed by atoms with Gasteiger partial charge in [-0.15, -0.1) is 0 Å². The molecule has 0 spiro atoms. The van der Waals surface area contributed by atoms with Gasteiger partial charge in [0.05, 0.1) is 5.39 Å². The summed E-state index contributed by atoms with van der Waals surface area (Å²) in [4.78, 5) is 48.8. The number of hydrogen-bond acceptors (Lipinski definition) is 6. The number of carbonyl (C=O) groups is 3. The maximum Gasteiger partial charge on any atom is 0.360 e. The Hall–Kier alpha value is -3.81. The van der Waals surface area contributed by atoms with Gasteiger partial charge in [0.15, 0.2) is 11.8 Å². The Balaban J connectivity index is 1.73. The molecule has 0 fully saturated rings. The number of ketones is 1. The highest BCUT2D eigenvalue weighted by Gasteiger charge is 2.23. The molecule has 3 rings (SSSR count). The fourth-order valence-corrected chi connectivity index (χ4v) is 2.78. The van der Waals surface area contributed by atoms with E-state index in [-0.39, 0.29) is 17.5 Å². The summed E-state index contributed by atoms with van der Waals surface area (Å²) in [7, 11) is 0. The first kappa shape index (κ1) is 20.9. The van der Waals surface area contributed by atoms with Gasteiger partial charge in [0, 0.05) is 22.6 Å². The molecule has 0 saturated heterocycles. The number of ether oxygens (including phenoxy) is 1. The lowest BCUT2D eigenvalue weighted by Gasteiger charge is -2.13. The van der Waals surface area contributed by atoms with E-state index in [9.17, 15) is 19.2 Å². The number of hydrogen-bond donors (Lipinski definition) is 2. The lowest BCUT2D eigenvalue weighted by atomic mass is 10.1. The average Bonchev–Trinajstić information content (AvgIpc) is 2.74. The van der Waals surface area contributed by atoms with E-state index in [0.29, 0.717) is 22.0 Å². The van der Waals surface area contributed by atoms with Crippen LogP contribution in [0.1, 0.15) is 41.6 Å². The molecule has 1 amide bonds. The Morgan fingerprint density at radius 1 is 0.967 bits per heavy atom. The van der Waals surface area contributed by atoms with Gasteiger partial charge in [-0.2, -0.15) is 5.10 Å². The van der Waals surface area contributed by atoms with E-state index in [1.165, 1.54) is 6.92 Å². The second-order valence-electron chi connectivity index (χ2n) is 7.08. The fourth-order valence-electron chi connectivity index (χ4n) is 2.78. The molecule has 0 radical (unpaired) electrons. The van der Waals surface area contributed by atoms with E-state index in [1.807, 2.05) is 0 Å². The van der Waals surface area contributed by atoms with Crippen molar-refractivity contribution in [3.05, 3.63) is 70.1 Å². The molecule has 8 heteroatoms. The van der Waals surface area contributed by atoms with Gasteiger partial charge < -0.3 is 10.1 Å². The summed E-state index contributed by atoms with van der Waals surface area (Å²) in [5, 5.41) is 9.43. The number of aromatic nitrogens is 2. The molecule has 0 aliphatic heterocycles. The van der Waals surface area contributed by atoms with Crippen molar-refractivity contribution in [2.75, 3.05) is 5.32 Å². The Morgan fingerprint density at radius 2 is 1.60 bits per heavy atom. The Kier molecular flexibility index (Phi) is 6.06. The third kappa shape index (κ3) is 4.43. The van der Waals surface area contributed by atoms with E-state index in [0.717, 1.165) is 0 Å². The number of nitrogens with one attached hydrogen (secondary N) is 2. The normalized spacial score (nSPS) is 11.9. The summed E-state index contributed by atoms with van der Waals surface area (Å²) < 4.78 is 5.28. The molecule has 1 heterocycles. The number of Topliss-reactive ketones (excluding diaryl/α,β-unsaturated/α-hetero) is 1. The molecular weight excluding hydrogens is 386 g/mol. The van der Waals surface area contributed by atoms with Gasteiger partial charge in [0.2, 0.25) is 11.7 Å². The summed E-state index contributed by atoms with van der Waals surface area (Å²) in [5.41, 5.74) is 0.406. The van der Waals surface area contributed by atoms with Gasteiger partial charge in [-0.25, -0.2) is 9.89 Å². The number of aromatic amines is 1. The number of nitrogens with zero attached hydrogens (tertiary/aromatic N) is 1. The summed E-state index contributed by atoms with van der Waals surface area (Å²) in [6.07, 6.45) is -1.07. The van der Waals surface area contributed by atoms with Crippen molar-refractivity contribution < 1.29 is 19.1 Å². The first-order valence-corrected chi connectivity index (χ1v) is 9.41. The Morgan fingerprint density at radius 3 is 2.23 bits per heavy atom. The second kappa shape index (κ2) is 8.69. The molecule has 3 aromatic rings. The molecule has 0 aliphatic rings. The number of fused-ring (bicyclic) bond motifs is 1. The zero-order valence-corrected chi connectivity index (χ0v) is 16.8. The smallest absolute Gasteiger partial charge is 0.360 e. The quantitative estimate of drug-likeness (QED) is 0.479. The molecule has 1 atom stereocenters. The lowest BCUT2D eigenvalue weighted by Crippen LogP contribution is -2.26. The molecule has 2 N–H and O–H groups in total. The molecule has 0 aliphatic carbocycles. The van der Waals surface area contributed by atoms with Crippen LogP contribution in [0.5, 0.6) is 0 Å². The van der Waals surface area contributed by atoms with Crippen LogP contribution in [0.15, 0.2) is 53.3 Å². The van der Waals surface area contributed by atoms with Crippen LogP contribution in [0, 0.1) is 5.92 Å². The lowest BCUT2D eigenvalue weighted by molar-refractivity contribution is -0.118. The van der Waals surface area contributed by atoms with Crippen molar-refractivity contribution in [3.63, 3.8) is 0 Å². The van der Waals surface area contributed by atoms with Crippen LogP contribution in [-0.2, 0) is 9.53 Å². The average molecular weight is 407 g/mol. The van der Waals surface area contributed by atoms with E-state index in [2.05, 4.69) is 15.5 Å². The molecule has 0 saturated carbocycles. The zero-order chi connectivity index (χ0) is 21.8. The molecule has 8 nitrogen and oxygen atoms in total. The monoisotopic (exact) mass is 407 g/mol. The van der Waals surface area contributed by atoms with E-state index in [4.69, 9.17) is 4.74 Å². The van der Waals surface area contributed by atoms with Gasteiger partial charge in [-0.1, -0.05) is 32.0 Å². The van der Waals surface area contributed by atoms with Crippen LogP contribution < -0.4 is 10.9 Å². The summed E-state index contributed by atoms with van der Waals surface area (Å²) in [5.74, 6) is -1.51. The number of anilines is 1. The van der Waals surface area contributed by atoms with Crippen LogP contribution >= 0.6 is 0 Å². The summed E-state index contributed by atoms with van der Waals surface area (Å²) in [6, 6.07) is 12.8. The van der Waals surface area contributed by atoms with E-state index < -0.39 is 23.4 Å². The second-order valence-corrected chi connectivity index (χ2v) is 7.08. The van der Waals surface area contributed by atoms with E-state index >= 15 is 0 Å². The van der Waals surface area contributed by atoms with Gasteiger partial charge >= 0.3 is 5.97 Å². The van der Waals surface area contributed by atoms with Crippen molar-refractivity contribution in [2.24, 2.45) is 5.92 Å². The van der Waals surface area contributed by atoms with Crippen LogP contribution in [-0.4, -0.2) is 34.0 Å². The molecule has 1 aromatic heterocycles. The highest BCUT2D eigenvalue weighted by atomic mass is 16.5. The maximum atomic E-state index is 12.6. The molecular formula is C22H21N3O5. The number of amides is 1. The minimum atomic E-state index is -1.07. The summed E-state index contributed by atoms with van der Waals surface area (Å²) in [6.45, 7) is 5.02. The number of benzene rings is 2. The minimum absolute atomic E-state index is 0.0726. The molecule has 154 valence electrons. The summed E-state index contributed by atoms with van der Waals surface area (Å²) >= 11 is 0. The highest BCUT2D eigenvalue weighted by Crippen LogP contribution is 2.17. The molecule has 0 unspecified atom stereocenters. The Bertz CT molecular complexity index is 1170. The van der Waals surface area contributed by atoms with Crippen LogP contribution in [0.2, 0.25) is 0 Å². The Labute approximate surface area is 172 Å². The molecule has 30 heavy (non-hydrogen) atoms. The number of H-pyrrole nitrogens is 1. The first-order valence-electron chi connectivity index (χ1n) is 9.41. The zero-order valence-electron chi connectivity index (χ0n) is 16.8. The number of esters is 1. The standard InChI is InChI=1S/C22H21N3O5/c1-12(2)20(27)23-15-10-8-14(9-11-15)19(26)13(3)30-22(29)18-16-6-4-5-7-17(16)21(28)25-24-18/h4-13H,1-3H3,(H,23,27)(H,25,28)/t13-/m1/s1. The number of rotatable bonds is 6. The van der Waals surface area contributed by atoms with Crippen molar-refractivity contribution >= 4 is 34.1 Å². The highest BCUT2D eigenvalue weighted by molar-refractivity contribution is 6.05.